The summed E-state index contributed by atoms with van der Waals surface area (Å²) in [6.07, 6.45) is 1.03. The van der Waals surface area contributed by atoms with Gasteiger partial charge in [-0.15, -0.1) is 0 Å². The highest BCUT2D eigenvalue weighted by Crippen LogP contribution is 2.07. The summed E-state index contributed by atoms with van der Waals surface area (Å²) in [5.74, 6) is -0.208. The van der Waals surface area contributed by atoms with E-state index in [1.54, 1.807) is 12.1 Å². The molecule has 0 aliphatic rings. The van der Waals surface area contributed by atoms with E-state index in [9.17, 15) is 4.79 Å². The molecule has 0 amide bonds. The monoisotopic (exact) mass is 255 g/mol. The summed E-state index contributed by atoms with van der Waals surface area (Å²) in [5, 5.41) is 0. The van der Waals surface area contributed by atoms with Gasteiger partial charge >= 0.3 is 5.97 Å². The number of hydrogen-bond donors (Lipinski definition) is 1. The van der Waals surface area contributed by atoms with Crippen LogP contribution < -0.4 is 5.73 Å². The third-order valence-corrected chi connectivity index (χ3v) is 2.82. The fourth-order valence-corrected chi connectivity index (χ4v) is 1.78. The summed E-state index contributed by atoms with van der Waals surface area (Å²) in [5.41, 5.74) is 8.37. The van der Waals surface area contributed by atoms with Gasteiger partial charge in [0.05, 0.1) is 13.0 Å². The average Bonchev–Trinajstić information content (AvgIpc) is 2.43. The summed E-state index contributed by atoms with van der Waals surface area (Å²) in [4.78, 5) is 11.6. The first-order valence-corrected chi connectivity index (χ1v) is 6.28. The number of hydrogen-bond acceptors (Lipinski definition) is 3. The van der Waals surface area contributed by atoms with Crippen LogP contribution in [-0.4, -0.2) is 12.6 Å². The second-order valence-electron chi connectivity index (χ2n) is 4.37. The normalized spacial score (nSPS) is 10.1. The SMILES string of the molecule is Nc1ccc(CC(=O)OCCc2ccccc2)cc1. The number of carbonyl (C=O) groups is 1. The Kier molecular flexibility index (Phi) is 4.56. The zero-order valence-electron chi connectivity index (χ0n) is 10.7. The van der Waals surface area contributed by atoms with Crippen molar-refractivity contribution in [3.05, 3.63) is 65.7 Å². The van der Waals surface area contributed by atoms with Gasteiger partial charge < -0.3 is 10.5 Å². The first-order valence-electron chi connectivity index (χ1n) is 6.28. The van der Waals surface area contributed by atoms with E-state index >= 15 is 0 Å². The van der Waals surface area contributed by atoms with Gasteiger partial charge in [-0.3, -0.25) is 4.79 Å². The molecule has 2 rings (SSSR count). The summed E-state index contributed by atoms with van der Waals surface area (Å²) < 4.78 is 5.21. The lowest BCUT2D eigenvalue weighted by atomic mass is 10.1. The Morgan fingerprint density at radius 3 is 2.32 bits per heavy atom. The highest BCUT2D eigenvalue weighted by atomic mass is 16.5. The molecule has 0 aliphatic carbocycles. The Morgan fingerprint density at radius 1 is 0.947 bits per heavy atom. The van der Waals surface area contributed by atoms with Gasteiger partial charge in [0.25, 0.3) is 0 Å². The van der Waals surface area contributed by atoms with Crippen molar-refractivity contribution in [2.75, 3.05) is 12.3 Å². The summed E-state index contributed by atoms with van der Waals surface area (Å²) >= 11 is 0. The van der Waals surface area contributed by atoms with Crippen LogP contribution in [-0.2, 0) is 22.4 Å². The van der Waals surface area contributed by atoms with Crippen molar-refractivity contribution in [3.63, 3.8) is 0 Å². The molecule has 3 heteroatoms. The van der Waals surface area contributed by atoms with Crippen molar-refractivity contribution in [2.24, 2.45) is 0 Å². The Morgan fingerprint density at radius 2 is 1.63 bits per heavy atom. The molecule has 0 radical (unpaired) electrons. The predicted molar refractivity (Wildman–Crippen MR) is 75.7 cm³/mol. The van der Waals surface area contributed by atoms with Crippen LogP contribution in [0.15, 0.2) is 54.6 Å². The van der Waals surface area contributed by atoms with Crippen molar-refractivity contribution < 1.29 is 9.53 Å². The van der Waals surface area contributed by atoms with Gasteiger partial charge in [0.1, 0.15) is 0 Å². The van der Waals surface area contributed by atoms with Crippen LogP contribution in [0.3, 0.4) is 0 Å². The van der Waals surface area contributed by atoms with Gasteiger partial charge in [-0.1, -0.05) is 42.5 Å². The van der Waals surface area contributed by atoms with Crippen LogP contribution in [0.2, 0.25) is 0 Å². The van der Waals surface area contributed by atoms with Crippen molar-refractivity contribution >= 4 is 11.7 Å². The van der Waals surface area contributed by atoms with Crippen molar-refractivity contribution in [2.45, 2.75) is 12.8 Å². The molecule has 2 aromatic rings. The molecule has 19 heavy (non-hydrogen) atoms. The van der Waals surface area contributed by atoms with E-state index in [0.29, 0.717) is 12.3 Å². The third kappa shape index (κ3) is 4.47. The van der Waals surface area contributed by atoms with Gasteiger partial charge in [-0.05, 0) is 23.3 Å². The minimum atomic E-state index is -0.208. The number of ether oxygens (including phenoxy) is 1. The lowest BCUT2D eigenvalue weighted by Gasteiger charge is -2.05. The number of anilines is 1. The first kappa shape index (κ1) is 13.1. The number of carbonyl (C=O) groups excluding carboxylic acids is 1. The molecule has 0 aromatic heterocycles. The minimum absolute atomic E-state index is 0.208. The number of benzene rings is 2. The third-order valence-electron chi connectivity index (χ3n) is 2.82. The van der Waals surface area contributed by atoms with E-state index in [4.69, 9.17) is 10.5 Å². The molecule has 0 unspecified atom stereocenters. The van der Waals surface area contributed by atoms with Crippen LogP contribution >= 0.6 is 0 Å². The molecule has 0 aliphatic heterocycles. The van der Waals surface area contributed by atoms with Crippen LogP contribution in [0.1, 0.15) is 11.1 Å². The molecular weight excluding hydrogens is 238 g/mol. The average molecular weight is 255 g/mol. The van der Waals surface area contributed by atoms with E-state index in [-0.39, 0.29) is 12.4 Å². The minimum Gasteiger partial charge on any atom is -0.465 e. The Bertz CT molecular complexity index is 520. The fourth-order valence-electron chi connectivity index (χ4n) is 1.78. The highest BCUT2D eigenvalue weighted by molar-refractivity contribution is 5.72. The largest absolute Gasteiger partial charge is 0.465 e. The lowest BCUT2D eigenvalue weighted by Crippen LogP contribution is -2.10. The number of esters is 1. The van der Waals surface area contributed by atoms with Gasteiger partial charge in [0, 0.05) is 12.1 Å². The van der Waals surface area contributed by atoms with E-state index in [2.05, 4.69) is 0 Å². The number of rotatable bonds is 5. The molecule has 98 valence electrons. The lowest BCUT2D eigenvalue weighted by molar-refractivity contribution is -0.142. The van der Waals surface area contributed by atoms with Gasteiger partial charge in [0.2, 0.25) is 0 Å². The summed E-state index contributed by atoms with van der Waals surface area (Å²) in [7, 11) is 0. The second-order valence-corrected chi connectivity index (χ2v) is 4.37. The molecular formula is C16H17NO2. The summed E-state index contributed by atoms with van der Waals surface area (Å²) in [6, 6.07) is 17.2. The molecule has 0 spiro atoms. The molecule has 0 fully saturated rings. The van der Waals surface area contributed by atoms with Crippen LogP contribution in [0.25, 0.3) is 0 Å². The summed E-state index contributed by atoms with van der Waals surface area (Å²) in [6.45, 7) is 0.415. The van der Waals surface area contributed by atoms with E-state index in [1.807, 2.05) is 42.5 Å². The second kappa shape index (κ2) is 6.59. The molecule has 0 bridgehead atoms. The maximum absolute atomic E-state index is 11.6. The molecule has 2 N–H and O–H groups in total. The standard InChI is InChI=1S/C16H17NO2/c17-15-8-6-14(7-9-15)12-16(18)19-11-10-13-4-2-1-3-5-13/h1-9H,10-12,17H2. The highest BCUT2D eigenvalue weighted by Gasteiger charge is 2.04. The first-order chi connectivity index (χ1) is 9.24. The molecule has 0 saturated heterocycles. The van der Waals surface area contributed by atoms with Gasteiger partial charge in [-0.2, -0.15) is 0 Å². The van der Waals surface area contributed by atoms with Gasteiger partial charge in [0.15, 0.2) is 0 Å². The molecule has 3 nitrogen and oxygen atoms in total. The zero-order valence-corrected chi connectivity index (χ0v) is 10.7. The predicted octanol–water partition coefficient (Wildman–Crippen LogP) is 2.60. The van der Waals surface area contributed by atoms with Crippen molar-refractivity contribution in [1.82, 2.24) is 0 Å². The Balaban J connectivity index is 1.74. The maximum Gasteiger partial charge on any atom is 0.310 e. The zero-order chi connectivity index (χ0) is 13.5. The molecule has 0 heterocycles. The molecule has 2 aromatic carbocycles. The van der Waals surface area contributed by atoms with Crippen LogP contribution in [0, 0.1) is 0 Å². The van der Waals surface area contributed by atoms with Gasteiger partial charge in [-0.25, -0.2) is 0 Å². The van der Waals surface area contributed by atoms with Crippen molar-refractivity contribution in [3.8, 4) is 0 Å². The Hall–Kier alpha value is -2.29. The smallest absolute Gasteiger partial charge is 0.310 e. The Labute approximate surface area is 113 Å². The topological polar surface area (TPSA) is 52.3 Å². The van der Waals surface area contributed by atoms with E-state index < -0.39 is 0 Å². The number of nitrogen functional groups attached to an aromatic ring is 1. The van der Waals surface area contributed by atoms with Crippen molar-refractivity contribution in [1.29, 1.82) is 0 Å². The van der Waals surface area contributed by atoms with E-state index in [1.165, 1.54) is 5.56 Å². The quantitative estimate of drug-likeness (QED) is 0.660. The number of nitrogens with two attached hydrogens (primary N) is 1. The van der Waals surface area contributed by atoms with E-state index in [0.717, 1.165) is 12.0 Å². The van der Waals surface area contributed by atoms with Crippen LogP contribution in [0.4, 0.5) is 5.69 Å². The molecule has 0 saturated carbocycles. The molecule has 0 atom stereocenters. The fraction of sp³-hybridized carbons (Fsp3) is 0.188. The maximum atomic E-state index is 11.6. The van der Waals surface area contributed by atoms with Crippen LogP contribution in [0.5, 0.6) is 0 Å².